The number of nitrogens with zero attached hydrogens (tertiary/aromatic N) is 5. The van der Waals surface area contributed by atoms with Crippen molar-refractivity contribution in [2.45, 2.75) is 32.5 Å². The molecule has 0 amide bonds. The van der Waals surface area contributed by atoms with E-state index < -0.39 is 0 Å². The minimum atomic E-state index is -0.378. The molecule has 1 aliphatic heterocycles. The maximum absolute atomic E-state index is 10.0. The van der Waals surface area contributed by atoms with Gasteiger partial charge in [0.1, 0.15) is 0 Å². The highest BCUT2D eigenvalue weighted by Crippen LogP contribution is 2.22. The maximum atomic E-state index is 10.0. The first-order valence-electron chi connectivity index (χ1n) is 7.02. The molecule has 108 valence electrons. The second-order valence-electron chi connectivity index (χ2n) is 5.63. The minimum absolute atomic E-state index is 0.378. The Bertz CT molecular complexity index is 556. The highest BCUT2D eigenvalue weighted by atomic mass is 16.3. The molecule has 1 atom stereocenters. The molecule has 3 rings (SSSR count). The number of hydrogen-bond donors (Lipinski definition) is 1. The van der Waals surface area contributed by atoms with Gasteiger partial charge in [-0.1, -0.05) is 0 Å². The molecule has 1 saturated heterocycles. The largest absolute Gasteiger partial charge is 0.390 e. The zero-order valence-electron chi connectivity index (χ0n) is 12.0. The summed E-state index contributed by atoms with van der Waals surface area (Å²) in [4.78, 5) is 2.26. The van der Waals surface area contributed by atoms with Crippen LogP contribution < -0.4 is 0 Å². The van der Waals surface area contributed by atoms with Crippen LogP contribution in [0.15, 0.2) is 24.5 Å². The Morgan fingerprint density at radius 1 is 1.35 bits per heavy atom. The summed E-state index contributed by atoms with van der Waals surface area (Å²) in [5, 5.41) is 18.7. The van der Waals surface area contributed by atoms with Crippen molar-refractivity contribution < 1.29 is 5.11 Å². The summed E-state index contributed by atoms with van der Waals surface area (Å²) < 4.78 is 3.87. The molecule has 0 aliphatic carbocycles. The first-order valence-corrected chi connectivity index (χ1v) is 7.02. The van der Waals surface area contributed by atoms with Gasteiger partial charge in [0.2, 0.25) is 0 Å². The maximum Gasteiger partial charge on any atom is 0.0862 e. The van der Waals surface area contributed by atoms with Gasteiger partial charge in [0.25, 0.3) is 0 Å². The third-order valence-electron chi connectivity index (χ3n) is 3.75. The average Bonchev–Trinajstić information content (AvgIpc) is 2.93. The Labute approximate surface area is 118 Å². The van der Waals surface area contributed by atoms with Gasteiger partial charge in [-0.2, -0.15) is 10.2 Å². The smallest absolute Gasteiger partial charge is 0.0862 e. The van der Waals surface area contributed by atoms with Gasteiger partial charge in [-0.05, 0) is 26.0 Å². The van der Waals surface area contributed by atoms with Crippen LogP contribution in [0.25, 0.3) is 0 Å². The molecule has 2 aromatic heterocycles. The van der Waals surface area contributed by atoms with Gasteiger partial charge in [-0.3, -0.25) is 14.3 Å². The fourth-order valence-electron chi connectivity index (χ4n) is 2.84. The lowest BCUT2D eigenvalue weighted by molar-refractivity contribution is 0.0319. The van der Waals surface area contributed by atoms with Gasteiger partial charge in [-0.15, -0.1) is 0 Å². The van der Waals surface area contributed by atoms with Crippen LogP contribution >= 0.6 is 0 Å². The van der Waals surface area contributed by atoms with Crippen molar-refractivity contribution in [1.82, 2.24) is 24.5 Å². The zero-order chi connectivity index (χ0) is 14.1. The number of aryl methyl sites for hydroxylation is 2. The molecule has 0 radical (unpaired) electrons. The highest BCUT2D eigenvalue weighted by Gasteiger charge is 2.30. The minimum Gasteiger partial charge on any atom is -0.390 e. The SMILES string of the molecule is Cc1cc(C)n(C2CN(C[C@H](O)Cn3cccn3)C2)n1. The Balaban J connectivity index is 1.47. The average molecular weight is 275 g/mol. The monoisotopic (exact) mass is 275 g/mol. The second-order valence-corrected chi connectivity index (χ2v) is 5.63. The molecule has 3 heterocycles. The Hall–Kier alpha value is -1.66. The summed E-state index contributed by atoms with van der Waals surface area (Å²) in [5.41, 5.74) is 2.28. The van der Waals surface area contributed by atoms with Gasteiger partial charge in [-0.25, -0.2) is 0 Å². The van der Waals surface area contributed by atoms with Crippen molar-refractivity contribution >= 4 is 0 Å². The first-order chi connectivity index (χ1) is 9.61. The number of hydrogen-bond acceptors (Lipinski definition) is 4. The lowest BCUT2D eigenvalue weighted by Gasteiger charge is -2.40. The number of aliphatic hydroxyl groups excluding tert-OH is 1. The quantitative estimate of drug-likeness (QED) is 0.869. The fourth-order valence-corrected chi connectivity index (χ4v) is 2.84. The van der Waals surface area contributed by atoms with E-state index in [-0.39, 0.29) is 6.10 Å². The van der Waals surface area contributed by atoms with E-state index in [4.69, 9.17) is 0 Å². The van der Waals surface area contributed by atoms with Gasteiger partial charge >= 0.3 is 0 Å². The van der Waals surface area contributed by atoms with Crippen molar-refractivity contribution in [3.05, 3.63) is 35.9 Å². The van der Waals surface area contributed by atoms with Gasteiger partial charge in [0.05, 0.1) is 24.4 Å². The van der Waals surface area contributed by atoms with Crippen LogP contribution in [0.4, 0.5) is 0 Å². The lowest BCUT2D eigenvalue weighted by Crippen LogP contribution is -2.51. The molecule has 6 heteroatoms. The first kappa shape index (κ1) is 13.3. The topological polar surface area (TPSA) is 59.1 Å². The van der Waals surface area contributed by atoms with Crippen LogP contribution in [0.3, 0.4) is 0 Å². The normalized spacial score (nSPS) is 18.1. The molecule has 0 aromatic carbocycles. The zero-order valence-corrected chi connectivity index (χ0v) is 12.0. The van der Waals surface area contributed by atoms with Crippen molar-refractivity contribution in [1.29, 1.82) is 0 Å². The molecular weight excluding hydrogens is 254 g/mol. The van der Waals surface area contributed by atoms with Crippen molar-refractivity contribution in [3.8, 4) is 0 Å². The molecule has 6 nitrogen and oxygen atoms in total. The van der Waals surface area contributed by atoms with E-state index in [1.54, 1.807) is 10.9 Å². The summed E-state index contributed by atoms with van der Waals surface area (Å²) in [6, 6.07) is 4.42. The van der Waals surface area contributed by atoms with E-state index in [1.807, 2.05) is 19.2 Å². The molecule has 20 heavy (non-hydrogen) atoms. The Morgan fingerprint density at radius 2 is 2.15 bits per heavy atom. The Morgan fingerprint density at radius 3 is 2.75 bits per heavy atom. The number of aliphatic hydroxyl groups is 1. The van der Waals surface area contributed by atoms with Crippen LogP contribution in [-0.2, 0) is 6.54 Å². The van der Waals surface area contributed by atoms with Gasteiger partial charge in [0.15, 0.2) is 0 Å². The molecule has 1 N–H and O–H groups in total. The van der Waals surface area contributed by atoms with Crippen molar-refractivity contribution in [2.75, 3.05) is 19.6 Å². The molecule has 1 aliphatic rings. The van der Waals surface area contributed by atoms with E-state index in [1.165, 1.54) is 5.69 Å². The molecule has 0 saturated carbocycles. The van der Waals surface area contributed by atoms with Crippen molar-refractivity contribution in [3.63, 3.8) is 0 Å². The number of rotatable bonds is 5. The molecule has 0 bridgehead atoms. The highest BCUT2D eigenvalue weighted by molar-refractivity contribution is 5.09. The third-order valence-corrected chi connectivity index (χ3v) is 3.75. The van der Waals surface area contributed by atoms with Gasteiger partial charge < -0.3 is 5.11 Å². The molecular formula is C14H21N5O. The predicted octanol–water partition coefficient (Wildman–Crippen LogP) is 0.614. The number of aromatic nitrogens is 4. The lowest BCUT2D eigenvalue weighted by atomic mass is 10.1. The van der Waals surface area contributed by atoms with Crippen molar-refractivity contribution in [2.24, 2.45) is 0 Å². The van der Waals surface area contributed by atoms with E-state index in [2.05, 4.69) is 32.8 Å². The molecule has 0 unspecified atom stereocenters. The van der Waals surface area contributed by atoms with Crippen LogP contribution in [0.5, 0.6) is 0 Å². The van der Waals surface area contributed by atoms with Crippen LogP contribution in [-0.4, -0.2) is 55.3 Å². The summed E-state index contributed by atoms with van der Waals surface area (Å²) >= 11 is 0. The summed E-state index contributed by atoms with van der Waals surface area (Å²) in [5.74, 6) is 0. The summed E-state index contributed by atoms with van der Waals surface area (Å²) in [6.07, 6.45) is 3.23. The summed E-state index contributed by atoms with van der Waals surface area (Å²) in [6.45, 7) is 7.27. The fraction of sp³-hybridized carbons (Fsp3) is 0.571. The molecule has 1 fully saturated rings. The Kier molecular flexibility index (Phi) is 3.58. The van der Waals surface area contributed by atoms with E-state index in [9.17, 15) is 5.11 Å². The molecule has 0 spiro atoms. The standard InChI is InChI=1S/C14H21N5O/c1-11-6-12(2)19(16-11)13-7-17(8-13)9-14(20)10-18-5-3-4-15-18/h3-6,13-14,20H,7-10H2,1-2H3/t14-/m0/s1. The number of β-amino-alcohol motifs (C(OH)–C–C–N with tert-alkyl or cyclic N) is 1. The van der Waals surface area contributed by atoms with Crippen LogP contribution in [0.1, 0.15) is 17.4 Å². The van der Waals surface area contributed by atoms with Gasteiger partial charge in [0, 0.05) is 37.7 Å². The van der Waals surface area contributed by atoms with E-state index in [0.29, 0.717) is 19.1 Å². The second kappa shape index (κ2) is 5.38. The van der Waals surface area contributed by atoms with E-state index >= 15 is 0 Å². The summed E-state index contributed by atoms with van der Waals surface area (Å²) in [7, 11) is 0. The third kappa shape index (κ3) is 2.76. The van der Waals surface area contributed by atoms with E-state index in [0.717, 1.165) is 18.8 Å². The van der Waals surface area contributed by atoms with Crippen LogP contribution in [0, 0.1) is 13.8 Å². The number of likely N-dealkylation sites (tertiary alicyclic amines) is 1. The van der Waals surface area contributed by atoms with Crippen LogP contribution in [0.2, 0.25) is 0 Å². The molecule has 2 aromatic rings. The predicted molar refractivity (Wildman–Crippen MR) is 75.4 cm³/mol.